The third-order valence-corrected chi connectivity index (χ3v) is 6.72. The molecule has 1 aromatic heterocycles. The van der Waals surface area contributed by atoms with Gasteiger partial charge in [0.05, 0.1) is 24.6 Å². The number of aromatic nitrogens is 2. The number of amides is 2. The van der Waals surface area contributed by atoms with Gasteiger partial charge in [0, 0.05) is 22.0 Å². The minimum absolute atomic E-state index is 0.324. The van der Waals surface area contributed by atoms with E-state index in [1.165, 1.54) is 6.20 Å². The Morgan fingerprint density at radius 1 is 0.947 bits per heavy atom. The van der Waals surface area contributed by atoms with Crippen LogP contribution in [0.1, 0.15) is 34.5 Å². The van der Waals surface area contributed by atoms with Gasteiger partial charge in [0.1, 0.15) is 23.2 Å². The van der Waals surface area contributed by atoms with Gasteiger partial charge in [0.25, 0.3) is 11.8 Å². The van der Waals surface area contributed by atoms with Gasteiger partial charge in [-0.15, -0.1) is 0 Å². The van der Waals surface area contributed by atoms with Gasteiger partial charge in [-0.1, -0.05) is 59.6 Å². The van der Waals surface area contributed by atoms with Gasteiger partial charge in [0.2, 0.25) is 0 Å². The van der Waals surface area contributed by atoms with E-state index in [9.17, 15) is 9.59 Å². The number of para-hydroxylation sites is 2. The second-order valence-corrected chi connectivity index (χ2v) is 9.32. The van der Waals surface area contributed by atoms with Crippen molar-refractivity contribution in [3.63, 3.8) is 0 Å². The third kappa shape index (κ3) is 4.73. The summed E-state index contributed by atoms with van der Waals surface area (Å²) < 4.78 is 7.02. The average Bonchev–Trinajstić information content (AvgIpc) is 3.33. The first-order chi connectivity index (χ1) is 18.4. The van der Waals surface area contributed by atoms with Crippen molar-refractivity contribution in [2.75, 3.05) is 23.1 Å². The molecule has 0 aliphatic carbocycles. The number of benzene rings is 3. The first-order valence-electron chi connectivity index (χ1n) is 12.0. The van der Waals surface area contributed by atoms with E-state index in [1.54, 1.807) is 36.9 Å². The molecule has 38 heavy (non-hydrogen) atoms. The smallest absolute Gasteiger partial charge is 0.261 e. The number of allylic oxidation sites excluding steroid dienone is 1. The lowest BCUT2D eigenvalue weighted by Gasteiger charge is -2.30. The zero-order valence-corrected chi connectivity index (χ0v) is 21.8. The molecule has 0 saturated heterocycles. The molecule has 0 fully saturated rings. The summed E-state index contributed by atoms with van der Waals surface area (Å²) in [5, 5.41) is 14.1. The van der Waals surface area contributed by atoms with Crippen molar-refractivity contribution in [2.45, 2.75) is 19.9 Å². The van der Waals surface area contributed by atoms with Crippen LogP contribution in [0.3, 0.4) is 0 Å². The molecule has 5 rings (SSSR count). The number of aryl methyl sites for hydroxylation is 1. The summed E-state index contributed by atoms with van der Waals surface area (Å²) >= 11 is 6.62. The molecule has 3 aromatic carbocycles. The van der Waals surface area contributed by atoms with Gasteiger partial charge in [-0.3, -0.25) is 9.59 Å². The summed E-state index contributed by atoms with van der Waals surface area (Å²) in [6.45, 7) is 3.77. The van der Waals surface area contributed by atoms with Crippen molar-refractivity contribution >= 4 is 40.6 Å². The van der Waals surface area contributed by atoms with Crippen LogP contribution >= 0.6 is 11.6 Å². The largest absolute Gasteiger partial charge is 0.495 e. The molecule has 192 valence electrons. The summed E-state index contributed by atoms with van der Waals surface area (Å²) in [4.78, 5) is 27.0. The number of hydrogen-bond donors (Lipinski definition) is 3. The van der Waals surface area contributed by atoms with Crippen LogP contribution in [0, 0.1) is 6.92 Å². The summed E-state index contributed by atoms with van der Waals surface area (Å²) in [6, 6.07) is 21.3. The third-order valence-electron chi connectivity index (χ3n) is 6.38. The van der Waals surface area contributed by atoms with E-state index >= 15 is 0 Å². The number of rotatable bonds is 6. The fourth-order valence-electron chi connectivity index (χ4n) is 4.47. The molecule has 1 aliphatic heterocycles. The number of carbonyl (C=O) groups excluding carboxylic acids is 2. The molecule has 1 aliphatic rings. The second-order valence-electron chi connectivity index (χ2n) is 8.91. The molecule has 0 saturated carbocycles. The molecule has 0 spiro atoms. The summed E-state index contributed by atoms with van der Waals surface area (Å²) in [5.41, 5.74) is 4.28. The predicted molar refractivity (Wildman–Crippen MR) is 149 cm³/mol. The monoisotopic (exact) mass is 527 g/mol. The number of nitrogens with one attached hydrogen (secondary N) is 3. The molecule has 2 heterocycles. The Hall–Kier alpha value is -4.56. The van der Waals surface area contributed by atoms with E-state index in [0.717, 1.165) is 5.56 Å². The predicted octanol–water partition coefficient (Wildman–Crippen LogP) is 6.03. The van der Waals surface area contributed by atoms with Crippen LogP contribution < -0.4 is 20.7 Å². The zero-order valence-electron chi connectivity index (χ0n) is 21.1. The maximum absolute atomic E-state index is 13.7. The van der Waals surface area contributed by atoms with E-state index < -0.39 is 6.04 Å². The van der Waals surface area contributed by atoms with Crippen molar-refractivity contribution in [3.05, 3.63) is 112 Å². The lowest BCUT2D eigenvalue weighted by Crippen LogP contribution is -2.32. The van der Waals surface area contributed by atoms with E-state index in [1.807, 2.05) is 61.5 Å². The van der Waals surface area contributed by atoms with Crippen LogP contribution in [0.5, 0.6) is 5.75 Å². The Balaban J connectivity index is 1.55. The summed E-state index contributed by atoms with van der Waals surface area (Å²) in [6.07, 6.45) is 1.49. The molecule has 9 heteroatoms. The second kappa shape index (κ2) is 10.4. The van der Waals surface area contributed by atoms with Gasteiger partial charge in [0.15, 0.2) is 0 Å². The van der Waals surface area contributed by atoms with Crippen LogP contribution in [0.15, 0.2) is 90.3 Å². The van der Waals surface area contributed by atoms with Gasteiger partial charge in [-0.2, -0.15) is 5.10 Å². The molecule has 0 bridgehead atoms. The summed E-state index contributed by atoms with van der Waals surface area (Å²) in [5.74, 6) is 0.323. The number of methoxy groups -OCH3 is 1. The Bertz CT molecular complexity index is 1560. The molecule has 1 unspecified atom stereocenters. The molecule has 4 aromatic rings. The van der Waals surface area contributed by atoms with Gasteiger partial charge >= 0.3 is 0 Å². The Labute approximate surface area is 225 Å². The van der Waals surface area contributed by atoms with Crippen LogP contribution in [0.2, 0.25) is 5.02 Å². The topological polar surface area (TPSA) is 97.3 Å². The van der Waals surface area contributed by atoms with Crippen LogP contribution in [0.25, 0.3) is 0 Å². The van der Waals surface area contributed by atoms with Crippen molar-refractivity contribution in [3.8, 4) is 5.75 Å². The standard InChI is InChI=1S/C29H26ClN5O3/c1-17-12-14-19(15-13-17)33-28(36)21-16-31-35-26(20-8-4-5-9-22(20)30)25(18(2)32-27(21)35)29(37)34-23-10-6-7-11-24(23)38-3/h4-16,26,32H,1-3H3,(H,33,36)(H,34,37). The van der Waals surface area contributed by atoms with Gasteiger partial charge in [-0.25, -0.2) is 4.68 Å². The van der Waals surface area contributed by atoms with E-state index in [-0.39, 0.29) is 11.8 Å². The molecule has 8 nitrogen and oxygen atoms in total. The summed E-state index contributed by atoms with van der Waals surface area (Å²) in [7, 11) is 1.55. The highest BCUT2D eigenvalue weighted by Crippen LogP contribution is 2.40. The number of ether oxygens (including phenoxy) is 1. The number of anilines is 3. The number of hydrogen-bond acceptors (Lipinski definition) is 5. The van der Waals surface area contributed by atoms with Crippen molar-refractivity contribution in [1.82, 2.24) is 9.78 Å². The molecule has 0 radical (unpaired) electrons. The Morgan fingerprint density at radius 2 is 1.66 bits per heavy atom. The molecular weight excluding hydrogens is 502 g/mol. The highest BCUT2D eigenvalue weighted by molar-refractivity contribution is 6.31. The highest BCUT2D eigenvalue weighted by Gasteiger charge is 2.36. The zero-order chi connectivity index (χ0) is 26.8. The number of carbonyl (C=O) groups is 2. The quantitative estimate of drug-likeness (QED) is 0.284. The maximum atomic E-state index is 13.7. The van der Waals surface area contributed by atoms with E-state index in [0.29, 0.717) is 50.4 Å². The fraction of sp³-hybridized carbons (Fsp3) is 0.138. The fourth-order valence-corrected chi connectivity index (χ4v) is 4.71. The Morgan fingerprint density at radius 3 is 2.39 bits per heavy atom. The van der Waals surface area contributed by atoms with E-state index in [4.69, 9.17) is 16.3 Å². The highest BCUT2D eigenvalue weighted by atomic mass is 35.5. The van der Waals surface area contributed by atoms with Crippen LogP contribution in [-0.2, 0) is 4.79 Å². The van der Waals surface area contributed by atoms with Gasteiger partial charge in [-0.05, 0) is 44.2 Å². The van der Waals surface area contributed by atoms with Crippen molar-refractivity contribution in [1.29, 1.82) is 0 Å². The number of halogens is 1. The minimum atomic E-state index is -0.685. The first kappa shape index (κ1) is 25.1. The average molecular weight is 528 g/mol. The maximum Gasteiger partial charge on any atom is 0.261 e. The lowest BCUT2D eigenvalue weighted by atomic mass is 9.94. The van der Waals surface area contributed by atoms with Crippen LogP contribution in [0.4, 0.5) is 17.2 Å². The SMILES string of the molecule is COc1ccccc1NC(=O)C1=C(C)Nc2c(C(=O)Nc3ccc(C)cc3)cnn2C1c1ccccc1Cl. The molecular formula is C29H26ClN5O3. The van der Waals surface area contributed by atoms with Crippen molar-refractivity contribution in [2.24, 2.45) is 0 Å². The van der Waals surface area contributed by atoms with E-state index in [2.05, 4.69) is 21.0 Å². The van der Waals surface area contributed by atoms with Crippen LogP contribution in [-0.4, -0.2) is 28.7 Å². The number of fused-ring (bicyclic) bond motifs is 1. The molecule has 2 amide bonds. The lowest BCUT2D eigenvalue weighted by molar-refractivity contribution is -0.113. The number of nitrogens with zero attached hydrogens (tertiary/aromatic N) is 2. The Kier molecular flexibility index (Phi) is 6.89. The normalized spacial score (nSPS) is 14.4. The molecule has 1 atom stereocenters. The molecule has 3 N–H and O–H groups in total. The first-order valence-corrected chi connectivity index (χ1v) is 12.4. The minimum Gasteiger partial charge on any atom is -0.495 e. The van der Waals surface area contributed by atoms with Crippen molar-refractivity contribution < 1.29 is 14.3 Å². The van der Waals surface area contributed by atoms with Gasteiger partial charge < -0.3 is 20.7 Å².